The summed E-state index contributed by atoms with van der Waals surface area (Å²) in [5.74, 6) is -2.39. The Bertz CT molecular complexity index is 1400. The Kier molecular flexibility index (Phi) is 10.1. The molecule has 4 rings (SSSR count). The van der Waals surface area contributed by atoms with E-state index >= 15 is 0 Å². The van der Waals surface area contributed by atoms with Gasteiger partial charge in [-0.1, -0.05) is 29.8 Å². The lowest BCUT2D eigenvalue weighted by Crippen LogP contribution is -2.46. The summed E-state index contributed by atoms with van der Waals surface area (Å²) in [5, 5.41) is 2.58. The monoisotopic (exact) mass is 580 g/mol. The summed E-state index contributed by atoms with van der Waals surface area (Å²) in [6.45, 7) is 4.74. The van der Waals surface area contributed by atoms with E-state index in [9.17, 15) is 18.8 Å². The van der Waals surface area contributed by atoms with Crippen molar-refractivity contribution in [1.29, 1.82) is 0 Å². The first kappa shape index (κ1) is 30.4. The van der Waals surface area contributed by atoms with Gasteiger partial charge in [0.1, 0.15) is 23.8 Å². The molecular formula is C31H33FN2O8. The van der Waals surface area contributed by atoms with Gasteiger partial charge in [-0.05, 0) is 50.1 Å². The molecule has 0 saturated carbocycles. The predicted octanol–water partition coefficient (Wildman–Crippen LogP) is 3.83. The highest BCUT2D eigenvalue weighted by atomic mass is 19.1. The maximum atomic E-state index is 13.6. The van der Waals surface area contributed by atoms with E-state index in [-0.39, 0.29) is 42.1 Å². The third kappa shape index (κ3) is 7.82. The van der Waals surface area contributed by atoms with Crippen LogP contribution in [-0.4, -0.2) is 61.4 Å². The number of halogens is 1. The van der Waals surface area contributed by atoms with E-state index in [0.29, 0.717) is 12.2 Å². The normalized spacial score (nSPS) is 20.7. The lowest BCUT2D eigenvalue weighted by Gasteiger charge is -2.31. The number of benzene rings is 2. The Balaban J connectivity index is 1.57. The highest BCUT2D eigenvalue weighted by Crippen LogP contribution is 2.30. The van der Waals surface area contributed by atoms with Crippen LogP contribution < -0.4 is 19.5 Å². The fourth-order valence-electron chi connectivity index (χ4n) is 4.57. The third-order valence-corrected chi connectivity index (χ3v) is 6.78. The van der Waals surface area contributed by atoms with Gasteiger partial charge in [-0.2, -0.15) is 0 Å². The summed E-state index contributed by atoms with van der Waals surface area (Å²) in [4.78, 5) is 42.2. The second-order valence-electron chi connectivity index (χ2n) is 9.95. The predicted molar refractivity (Wildman–Crippen MR) is 149 cm³/mol. The third-order valence-electron chi connectivity index (χ3n) is 6.78. The standard InChI is InChI=1S/C31H33FN2O8/c1-18-5-11-23(12-6-18)42-27-17-39-16-25(31(37)40-19(2)24(27)15-21-7-9-22(32)10-8-21)34-30(36)28-29(41-20(3)35)26(38-4)13-14-33-28/h5-14,19,24-25,27H,15-17H2,1-4H3,(H,34,36)/t19-,24-,25-,27-/m0/s1. The van der Waals surface area contributed by atoms with E-state index in [2.05, 4.69) is 10.3 Å². The van der Waals surface area contributed by atoms with E-state index in [1.54, 1.807) is 19.1 Å². The Morgan fingerprint density at radius 2 is 1.79 bits per heavy atom. The molecule has 0 spiro atoms. The number of amides is 1. The van der Waals surface area contributed by atoms with Crippen LogP contribution in [0.15, 0.2) is 60.8 Å². The lowest BCUT2D eigenvalue weighted by atomic mass is 9.89. The Hall–Kier alpha value is -4.51. The number of carbonyl (C=O) groups excluding carboxylic acids is 3. The maximum Gasteiger partial charge on any atom is 0.331 e. The van der Waals surface area contributed by atoms with E-state index < -0.39 is 36.1 Å². The van der Waals surface area contributed by atoms with E-state index in [1.807, 2.05) is 31.2 Å². The molecular weight excluding hydrogens is 547 g/mol. The van der Waals surface area contributed by atoms with Crippen molar-refractivity contribution in [2.24, 2.45) is 5.92 Å². The first-order chi connectivity index (χ1) is 20.1. The summed E-state index contributed by atoms with van der Waals surface area (Å²) in [5.41, 5.74) is 1.65. The number of pyridine rings is 1. The number of nitrogens with zero attached hydrogens (tertiary/aromatic N) is 1. The van der Waals surface area contributed by atoms with Crippen molar-refractivity contribution in [2.45, 2.75) is 45.4 Å². The molecule has 10 nitrogen and oxygen atoms in total. The number of esters is 2. The SMILES string of the molecule is COc1ccnc(C(=O)N[C@H]2COC[C@H](Oc3ccc(C)cc3)[C@@H](Cc3ccc(F)cc3)[C@H](C)OC2=O)c1OC(C)=O. The number of nitrogens with one attached hydrogen (secondary N) is 1. The quantitative estimate of drug-likeness (QED) is 0.396. The van der Waals surface area contributed by atoms with Crippen LogP contribution in [0, 0.1) is 18.7 Å². The summed E-state index contributed by atoms with van der Waals surface area (Å²) in [7, 11) is 1.35. The van der Waals surface area contributed by atoms with E-state index in [0.717, 1.165) is 11.1 Å². The molecule has 1 fully saturated rings. The fraction of sp³-hybridized carbons (Fsp3) is 0.355. The van der Waals surface area contributed by atoms with Crippen molar-refractivity contribution in [3.63, 3.8) is 0 Å². The van der Waals surface area contributed by atoms with Gasteiger partial charge >= 0.3 is 11.9 Å². The van der Waals surface area contributed by atoms with Crippen molar-refractivity contribution >= 4 is 17.8 Å². The van der Waals surface area contributed by atoms with Crippen molar-refractivity contribution in [3.8, 4) is 17.2 Å². The lowest BCUT2D eigenvalue weighted by molar-refractivity contribution is -0.154. The molecule has 1 aliphatic heterocycles. The summed E-state index contributed by atoms with van der Waals surface area (Å²) < 4.78 is 42.0. The molecule has 1 saturated heterocycles. The van der Waals surface area contributed by atoms with Crippen LogP contribution in [0.5, 0.6) is 17.2 Å². The van der Waals surface area contributed by atoms with E-state index in [1.165, 1.54) is 38.4 Å². The molecule has 2 heterocycles. The summed E-state index contributed by atoms with van der Waals surface area (Å²) in [6.07, 6.45) is 0.496. The number of aromatic nitrogens is 1. The maximum absolute atomic E-state index is 13.6. The van der Waals surface area contributed by atoms with Gasteiger partial charge in [0.25, 0.3) is 5.91 Å². The largest absolute Gasteiger partial charge is 0.493 e. The van der Waals surface area contributed by atoms with Crippen LogP contribution in [0.25, 0.3) is 0 Å². The van der Waals surface area contributed by atoms with Crippen LogP contribution in [0.2, 0.25) is 0 Å². The summed E-state index contributed by atoms with van der Waals surface area (Å²) in [6, 6.07) is 13.9. The zero-order valence-corrected chi connectivity index (χ0v) is 23.8. The molecule has 0 bridgehead atoms. The number of aryl methyl sites for hydroxylation is 1. The van der Waals surface area contributed by atoms with Crippen molar-refractivity contribution in [3.05, 3.63) is 83.4 Å². The number of rotatable bonds is 8. The first-order valence-corrected chi connectivity index (χ1v) is 13.4. The minimum absolute atomic E-state index is 0.0726. The average Bonchev–Trinajstić information content (AvgIpc) is 3.00. The number of hydrogen-bond donors (Lipinski definition) is 1. The molecule has 2 aromatic carbocycles. The van der Waals surface area contributed by atoms with Gasteiger partial charge in [0.15, 0.2) is 17.5 Å². The number of ether oxygens (including phenoxy) is 5. The first-order valence-electron chi connectivity index (χ1n) is 13.4. The molecule has 4 atom stereocenters. The number of methoxy groups -OCH3 is 1. The minimum atomic E-state index is -1.21. The molecule has 0 aliphatic carbocycles. The number of hydrogen-bond acceptors (Lipinski definition) is 9. The van der Waals surface area contributed by atoms with Crippen LogP contribution in [-0.2, 0) is 25.5 Å². The smallest absolute Gasteiger partial charge is 0.331 e. The molecule has 42 heavy (non-hydrogen) atoms. The van der Waals surface area contributed by atoms with Gasteiger partial charge in [-0.25, -0.2) is 14.2 Å². The Morgan fingerprint density at radius 1 is 1.07 bits per heavy atom. The number of carbonyl (C=O) groups is 3. The van der Waals surface area contributed by atoms with Crippen LogP contribution in [0.4, 0.5) is 4.39 Å². The van der Waals surface area contributed by atoms with Gasteiger partial charge in [-0.3, -0.25) is 9.59 Å². The Labute approximate surface area is 243 Å². The average molecular weight is 581 g/mol. The van der Waals surface area contributed by atoms with Crippen LogP contribution >= 0.6 is 0 Å². The molecule has 11 heteroatoms. The van der Waals surface area contributed by atoms with Gasteiger partial charge in [-0.15, -0.1) is 0 Å². The second-order valence-corrected chi connectivity index (χ2v) is 9.95. The van der Waals surface area contributed by atoms with Gasteiger partial charge in [0.2, 0.25) is 5.75 Å². The molecule has 1 aliphatic rings. The van der Waals surface area contributed by atoms with Crippen LogP contribution in [0.1, 0.15) is 35.5 Å². The number of cyclic esters (lactones) is 1. The molecule has 0 unspecified atom stereocenters. The molecule has 1 aromatic heterocycles. The molecule has 0 radical (unpaired) electrons. The van der Waals surface area contributed by atoms with Gasteiger partial charge in [0, 0.05) is 25.1 Å². The summed E-state index contributed by atoms with van der Waals surface area (Å²) >= 11 is 0. The molecule has 1 N–H and O–H groups in total. The fourth-order valence-corrected chi connectivity index (χ4v) is 4.57. The van der Waals surface area contributed by atoms with Crippen molar-refractivity contribution in [2.75, 3.05) is 20.3 Å². The minimum Gasteiger partial charge on any atom is -0.493 e. The topological polar surface area (TPSA) is 122 Å². The van der Waals surface area contributed by atoms with Gasteiger partial charge in [0.05, 0.1) is 20.3 Å². The zero-order valence-electron chi connectivity index (χ0n) is 23.8. The van der Waals surface area contributed by atoms with Gasteiger partial charge < -0.3 is 29.0 Å². The molecule has 1 amide bonds. The highest BCUT2D eigenvalue weighted by molar-refractivity contribution is 5.98. The Morgan fingerprint density at radius 3 is 2.45 bits per heavy atom. The van der Waals surface area contributed by atoms with E-state index in [4.69, 9.17) is 23.7 Å². The van der Waals surface area contributed by atoms with Crippen LogP contribution in [0.3, 0.4) is 0 Å². The molecule has 3 aromatic rings. The zero-order chi connectivity index (χ0) is 30.2. The second kappa shape index (κ2) is 13.9. The molecule has 222 valence electrons. The van der Waals surface area contributed by atoms with Crippen molar-refractivity contribution in [1.82, 2.24) is 10.3 Å². The highest BCUT2D eigenvalue weighted by Gasteiger charge is 2.37. The van der Waals surface area contributed by atoms with Crippen molar-refractivity contribution < 1.29 is 42.5 Å².